The van der Waals surface area contributed by atoms with Gasteiger partial charge < -0.3 is 10.6 Å². The van der Waals surface area contributed by atoms with Crippen LogP contribution in [0.4, 0.5) is 5.69 Å². The average molecular weight is 333 g/mol. The normalized spacial score (nSPS) is 10.6. The van der Waals surface area contributed by atoms with Crippen molar-refractivity contribution in [3.63, 3.8) is 0 Å². The van der Waals surface area contributed by atoms with Crippen molar-refractivity contribution in [2.75, 3.05) is 11.4 Å². The molecule has 2 nitrogen and oxygen atoms in total. The number of halogens is 1. The zero-order valence-corrected chi connectivity index (χ0v) is 13.7. The van der Waals surface area contributed by atoms with Crippen LogP contribution < -0.4 is 10.6 Å². The summed E-state index contributed by atoms with van der Waals surface area (Å²) in [7, 11) is 0. The van der Waals surface area contributed by atoms with Gasteiger partial charge in [0.25, 0.3) is 0 Å². The van der Waals surface area contributed by atoms with Crippen LogP contribution >= 0.6 is 15.9 Å². The Balaban J connectivity index is 2.22. The van der Waals surface area contributed by atoms with Crippen molar-refractivity contribution in [2.45, 2.75) is 26.9 Å². The summed E-state index contributed by atoms with van der Waals surface area (Å²) in [5.74, 6) is 0. The van der Waals surface area contributed by atoms with E-state index in [0.717, 1.165) is 23.1 Å². The molecular formula is C17H21BrN2. The fourth-order valence-corrected chi connectivity index (χ4v) is 2.81. The largest absolute Gasteiger partial charge is 0.367 e. The molecule has 3 heteroatoms. The Morgan fingerprint density at radius 3 is 2.55 bits per heavy atom. The summed E-state index contributed by atoms with van der Waals surface area (Å²) in [6.07, 6.45) is 0. The molecule has 0 aliphatic carbocycles. The quantitative estimate of drug-likeness (QED) is 0.887. The zero-order chi connectivity index (χ0) is 14.5. The highest BCUT2D eigenvalue weighted by Gasteiger charge is 2.08. The standard InChI is InChI=1S/C17H21BrN2/c1-3-20(16-6-4-5-13(2)9-16)12-15-8-7-14(11-19)10-17(15)18/h4-10H,3,11-12,19H2,1-2H3. The van der Waals surface area contributed by atoms with Gasteiger partial charge in [-0.2, -0.15) is 0 Å². The molecule has 0 bridgehead atoms. The maximum absolute atomic E-state index is 5.67. The molecule has 2 aromatic carbocycles. The van der Waals surface area contributed by atoms with E-state index >= 15 is 0 Å². The topological polar surface area (TPSA) is 29.3 Å². The average Bonchev–Trinajstić information content (AvgIpc) is 2.46. The van der Waals surface area contributed by atoms with E-state index in [2.05, 4.69) is 77.1 Å². The minimum absolute atomic E-state index is 0.578. The fraction of sp³-hybridized carbons (Fsp3) is 0.294. The molecule has 0 aromatic heterocycles. The molecule has 0 radical (unpaired) electrons. The molecule has 106 valence electrons. The second-order valence-electron chi connectivity index (χ2n) is 4.98. The minimum Gasteiger partial charge on any atom is -0.367 e. The molecule has 0 atom stereocenters. The van der Waals surface area contributed by atoms with Crippen molar-refractivity contribution in [1.29, 1.82) is 0 Å². The van der Waals surface area contributed by atoms with E-state index < -0.39 is 0 Å². The first kappa shape index (κ1) is 15.1. The Labute approximate surface area is 129 Å². The van der Waals surface area contributed by atoms with Crippen LogP contribution in [0.2, 0.25) is 0 Å². The van der Waals surface area contributed by atoms with Gasteiger partial charge in [-0.1, -0.05) is 40.2 Å². The van der Waals surface area contributed by atoms with Crippen LogP contribution in [0.5, 0.6) is 0 Å². The van der Waals surface area contributed by atoms with Gasteiger partial charge in [0, 0.05) is 29.8 Å². The number of anilines is 1. The molecule has 0 aliphatic heterocycles. The maximum Gasteiger partial charge on any atom is 0.0440 e. The molecule has 0 saturated heterocycles. The summed E-state index contributed by atoms with van der Waals surface area (Å²) in [6, 6.07) is 15.0. The second-order valence-corrected chi connectivity index (χ2v) is 5.84. The van der Waals surface area contributed by atoms with Crippen LogP contribution in [0.3, 0.4) is 0 Å². The monoisotopic (exact) mass is 332 g/mol. The number of benzene rings is 2. The van der Waals surface area contributed by atoms with Crippen LogP contribution in [0.1, 0.15) is 23.6 Å². The summed E-state index contributed by atoms with van der Waals surface area (Å²) < 4.78 is 1.13. The molecule has 2 rings (SSSR count). The second kappa shape index (κ2) is 6.91. The predicted octanol–water partition coefficient (Wildman–Crippen LogP) is 4.24. The SMILES string of the molecule is CCN(Cc1ccc(CN)cc1Br)c1cccc(C)c1. The first-order valence-corrected chi connectivity index (χ1v) is 7.72. The Morgan fingerprint density at radius 2 is 1.95 bits per heavy atom. The van der Waals surface area contributed by atoms with Gasteiger partial charge in [-0.25, -0.2) is 0 Å². The molecule has 0 amide bonds. The van der Waals surface area contributed by atoms with Gasteiger partial charge >= 0.3 is 0 Å². The molecule has 2 aromatic rings. The summed E-state index contributed by atoms with van der Waals surface area (Å²) in [6.45, 7) is 6.77. The first-order chi connectivity index (χ1) is 9.63. The Bertz CT molecular complexity index is 581. The lowest BCUT2D eigenvalue weighted by atomic mass is 10.1. The molecule has 0 saturated carbocycles. The highest BCUT2D eigenvalue weighted by atomic mass is 79.9. The van der Waals surface area contributed by atoms with Crippen molar-refractivity contribution >= 4 is 21.6 Å². The third kappa shape index (κ3) is 3.62. The minimum atomic E-state index is 0.578. The molecular weight excluding hydrogens is 312 g/mol. The van der Waals surface area contributed by atoms with Crippen LogP contribution in [0, 0.1) is 6.92 Å². The molecule has 0 aliphatic rings. The van der Waals surface area contributed by atoms with E-state index in [1.165, 1.54) is 16.8 Å². The van der Waals surface area contributed by atoms with Crippen molar-refractivity contribution in [3.8, 4) is 0 Å². The van der Waals surface area contributed by atoms with Gasteiger partial charge in [0.05, 0.1) is 0 Å². The molecule has 0 spiro atoms. The highest BCUT2D eigenvalue weighted by Crippen LogP contribution is 2.23. The summed E-state index contributed by atoms with van der Waals surface area (Å²) >= 11 is 3.65. The van der Waals surface area contributed by atoms with Gasteiger partial charge in [-0.3, -0.25) is 0 Å². The van der Waals surface area contributed by atoms with Crippen molar-refractivity contribution in [3.05, 3.63) is 63.6 Å². The first-order valence-electron chi connectivity index (χ1n) is 6.93. The van der Waals surface area contributed by atoms with E-state index in [1.54, 1.807) is 0 Å². The number of rotatable bonds is 5. The zero-order valence-electron chi connectivity index (χ0n) is 12.1. The number of nitrogens with two attached hydrogens (primary N) is 1. The third-order valence-electron chi connectivity index (χ3n) is 3.46. The smallest absolute Gasteiger partial charge is 0.0440 e. The van der Waals surface area contributed by atoms with E-state index in [4.69, 9.17) is 5.73 Å². The number of nitrogens with zero attached hydrogens (tertiary/aromatic N) is 1. The van der Waals surface area contributed by atoms with Gasteiger partial charge in [0.1, 0.15) is 0 Å². The van der Waals surface area contributed by atoms with E-state index in [9.17, 15) is 0 Å². The highest BCUT2D eigenvalue weighted by molar-refractivity contribution is 9.10. The Hall–Kier alpha value is -1.32. The van der Waals surface area contributed by atoms with Gasteiger partial charge in [0.15, 0.2) is 0 Å². The Kier molecular flexibility index (Phi) is 5.21. The summed E-state index contributed by atoms with van der Waals surface area (Å²) in [5.41, 5.74) is 10.7. The van der Waals surface area contributed by atoms with E-state index in [0.29, 0.717) is 6.54 Å². The summed E-state index contributed by atoms with van der Waals surface area (Å²) in [5, 5.41) is 0. The third-order valence-corrected chi connectivity index (χ3v) is 4.20. The number of aryl methyl sites for hydroxylation is 1. The van der Waals surface area contributed by atoms with E-state index in [1.807, 2.05) is 0 Å². The van der Waals surface area contributed by atoms with Crippen LogP contribution in [0.15, 0.2) is 46.9 Å². The van der Waals surface area contributed by atoms with Crippen LogP contribution in [-0.2, 0) is 13.1 Å². The predicted molar refractivity (Wildman–Crippen MR) is 89.9 cm³/mol. The van der Waals surface area contributed by atoms with Crippen molar-refractivity contribution in [2.24, 2.45) is 5.73 Å². The van der Waals surface area contributed by atoms with Gasteiger partial charge in [0.2, 0.25) is 0 Å². The molecule has 0 heterocycles. The molecule has 20 heavy (non-hydrogen) atoms. The Morgan fingerprint density at radius 1 is 1.15 bits per heavy atom. The lowest BCUT2D eigenvalue weighted by molar-refractivity contribution is 0.827. The maximum atomic E-state index is 5.67. The van der Waals surface area contributed by atoms with Crippen molar-refractivity contribution in [1.82, 2.24) is 0 Å². The van der Waals surface area contributed by atoms with E-state index in [-0.39, 0.29) is 0 Å². The van der Waals surface area contributed by atoms with Crippen LogP contribution in [0.25, 0.3) is 0 Å². The summed E-state index contributed by atoms with van der Waals surface area (Å²) in [4.78, 5) is 2.37. The lowest BCUT2D eigenvalue weighted by Gasteiger charge is -2.24. The number of hydrogen-bond donors (Lipinski definition) is 1. The molecule has 0 fully saturated rings. The fourth-order valence-electron chi connectivity index (χ4n) is 2.26. The van der Waals surface area contributed by atoms with Crippen LogP contribution in [-0.4, -0.2) is 6.54 Å². The van der Waals surface area contributed by atoms with Crippen molar-refractivity contribution < 1.29 is 0 Å². The van der Waals surface area contributed by atoms with Gasteiger partial charge in [-0.05, 0) is 48.7 Å². The molecule has 2 N–H and O–H groups in total. The molecule has 0 unspecified atom stereocenters. The number of hydrogen-bond acceptors (Lipinski definition) is 2. The van der Waals surface area contributed by atoms with Gasteiger partial charge in [-0.15, -0.1) is 0 Å². The lowest BCUT2D eigenvalue weighted by Crippen LogP contribution is -2.22.